The van der Waals surface area contributed by atoms with Crippen molar-refractivity contribution in [1.82, 2.24) is 10.6 Å². The van der Waals surface area contributed by atoms with Gasteiger partial charge in [0.05, 0.1) is 6.61 Å². The van der Waals surface area contributed by atoms with Crippen molar-refractivity contribution < 1.29 is 14.3 Å². The maximum atomic E-state index is 11.5. The summed E-state index contributed by atoms with van der Waals surface area (Å²) in [5, 5.41) is 5.36. The Labute approximate surface area is 119 Å². The van der Waals surface area contributed by atoms with E-state index in [0.717, 1.165) is 11.3 Å². The van der Waals surface area contributed by atoms with Crippen LogP contribution < -0.4 is 15.4 Å². The van der Waals surface area contributed by atoms with E-state index in [1.165, 1.54) is 6.92 Å². The Morgan fingerprint density at radius 2 is 1.85 bits per heavy atom. The number of ether oxygens (including phenoxy) is 1. The summed E-state index contributed by atoms with van der Waals surface area (Å²) in [6, 6.07) is 7.80. The van der Waals surface area contributed by atoms with Crippen molar-refractivity contribution in [3.05, 3.63) is 29.8 Å². The van der Waals surface area contributed by atoms with Crippen molar-refractivity contribution in [2.24, 2.45) is 0 Å². The molecule has 0 aromatic heterocycles. The third-order valence-electron chi connectivity index (χ3n) is 2.72. The van der Waals surface area contributed by atoms with Gasteiger partial charge in [0, 0.05) is 26.4 Å². The lowest BCUT2D eigenvalue weighted by Gasteiger charge is -2.09. The van der Waals surface area contributed by atoms with E-state index in [4.69, 9.17) is 4.74 Å². The first-order valence-electron chi connectivity index (χ1n) is 6.79. The number of rotatable bonds is 8. The Morgan fingerprint density at radius 1 is 1.15 bits per heavy atom. The number of aryl methyl sites for hydroxylation is 1. The summed E-state index contributed by atoms with van der Waals surface area (Å²) in [7, 11) is 0. The summed E-state index contributed by atoms with van der Waals surface area (Å²) in [5.74, 6) is 0.744. The molecule has 0 aliphatic rings. The highest BCUT2D eigenvalue weighted by atomic mass is 16.5. The molecule has 0 saturated carbocycles. The van der Waals surface area contributed by atoms with Crippen molar-refractivity contribution in [3.8, 4) is 5.75 Å². The SMILES string of the molecule is CC(=O)NCCNC(=O)CCCOc1ccccc1C. The molecule has 110 valence electrons. The molecule has 5 heteroatoms. The fraction of sp³-hybridized carbons (Fsp3) is 0.467. The van der Waals surface area contributed by atoms with Crippen LogP contribution in [0.5, 0.6) is 5.75 Å². The summed E-state index contributed by atoms with van der Waals surface area (Å²) in [6.45, 7) is 4.87. The van der Waals surface area contributed by atoms with Crippen molar-refractivity contribution >= 4 is 11.8 Å². The molecule has 0 aliphatic carbocycles. The molecule has 20 heavy (non-hydrogen) atoms. The first kappa shape index (κ1) is 16.0. The van der Waals surface area contributed by atoms with Crippen LogP contribution in [0, 0.1) is 6.92 Å². The van der Waals surface area contributed by atoms with Gasteiger partial charge in [0.25, 0.3) is 0 Å². The van der Waals surface area contributed by atoms with Crippen LogP contribution in [0.15, 0.2) is 24.3 Å². The summed E-state index contributed by atoms with van der Waals surface area (Å²) >= 11 is 0. The van der Waals surface area contributed by atoms with Crippen molar-refractivity contribution in [2.75, 3.05) is 19.7 Å². The van der Waals surface area contributed by atoms with Crippen LogP contribution in [0.3, 0.4) is 0 Å². The monoisotopic (exact) mass is 278 g/mol. The van der Waals surface area contributed by atoms with Crippen LogP contribution >= 0.6 is 0 Å². The van der Waals surface area contributed by atoms with Crippen molar-refractivity contribution in [1.29, 1.82) is 0 Å². The molecule has 0 spiro atoms. The number of hydrogen-bond donors (Lipinski definition) is 2. The second-order valence-corrected chi connectivity index (χ2v) is 4.55. The maximum Gasteiger partial charge on any atom is 0.220 e. The minimum atomic E-state index is -0.0918. The molecule has 0 fully saturated rings. The lowest BCUT2D eigenvalue weighted by Crippen LogP contribution is -2.33. The molecule has 0 saturated heterocycles. The van der Waals surface area contributed by atoms with E-state index in [1.807, 2.05) is 31.2 Å². The van der Waals surface area contributed by atoms with Gasteiger partial charge < -0.3 is 15.4 Å². The second-order valence-electron chi connectivity index (χ2n) is 4.55. The third kappa shape index (κ3) is 6.78. The molecule has 0 aliphatic heterocycles. The Morgan fingerprint density at radius 3 is 2.55 bits per heavy atom. The average Bonchev–Trinajstić information content (AvgIpc) is 2.41. The molecule has 2 amide bonds. The van der Waals surface area contributed by atoms with E-state index in [1.54, 1.807) is 0 Å². The summed E-state index contributed by atoms with van der Waals surface area (Å²) < 4.78 is 5.61. The van der Waals surface area contributed by atoms with Crippen LogP contribution in [0.1, 0.15) is 25.3 Å². The van der Waals surface area contributed by atoms with E-state index in [-0.39, 0.29) is 11.8 Å². The standard InChI is InChI=1S/C15H22N2O3/c1-12-6-3-4-7-14(12)20-11-5-8-15(19)17-10-9-16-13(2)18/h3-4,6-7H,5,8-11H2,1-2H3,(H,16,18)(H,17,19). The van der Waals surface area contributed by atoms with Gasteiger partial charge in [-0.15, -0.1) is 0 Å². The van der Waals surface area contributed by atoms with Crippen LogP contribution in [0.2, 0.25) is 0 Å². The zero-order chi connectivity index (χ0) is 14.8. The number of carbonyl (C=O) groups is 2. The lowest BCUT2D eigenvalue weighted by molar-refractivity contribution is -0.122. The highest BCUT2D eigenvalue weighted by Gasteiger charge is 2.02. The topological polar surface area (TPSA) is 67.4 Å². The van der Waals surface area contributed by atoms with Gasteiger partial charge in [-0.1, -0.05) is 18.2 Å². The van der Waals surface area contributed by atoms with Crippen molar-refractivity contribution in [2.45, 2.75) is 26.7 Å². The summed E-state index contributed by atoms with van der Waals surface area (Å²) in [4.78, 5) is 22.1. The second kappa shape index (κ2) is 8.96. The quantitative estimate of drug-likeness (QED) is 0.706. The van der Waals surface area contributed by atoms with E-state index >= 15 is 0 Å². The minimum absolute atomic E-state index is 0.0243. The Hall–Kier alpha value is -2.04. The van der Waals surface area contributed by atoms with E-state index in [2.05, 4.69) is 10.6 Å². The number of hydrogen-bond acceptors (Lipinski definition) is 3. The first-order valence-corrected chi connectivity index (χ1v) is 6.79. The average molecular weight is 278 g/mol. The number of carbonyl (C=O) groups excluding carboxylic acids is 2. The van der Waals surface area contributed by atoms with Gasteiger partial charge in [0.2, 0.25) is 11.8 Å². The first-order chi connectivity index (χ1) is 9.59. The highest BCUT2D eigenvalue weighted by Crippen LogP contribution is 2.16. The molecule has 1 rings (SSSR count). The van der Waals surface area contributed by atoms with Crippen LogP contribution in [0.25, 0.3) is 0 Å². The predicted molar refractivity (Wildman–Crippen MR) is 77.6 cm³/mol. The van der Waals surface area contributed by atoms with E-state index < -0.39 is 0 Å². The molecule has 0 atom stereocenters. The summed E-state index contributed by atoms with van der Waals surface area (Å²) in [6.07, 6.45) is 1.09. The number of benzene rings is 1. The van der Waals surface area contributed by atoms with Gasteiger partial charge in [0.15, 0.2) is 0 Å². The lowest BCUT2D eigenvalue weighted by atomic mass is 10.2. The third-order valence-corrected chi connectivity index (χ3v) is 2.72. The molecule has 1 aromatic carbocycles. The molecule has 0 heterocycles. The van der Waals surface area contributed by atoms with Gasteiger partial charge in [-0.25, -0.2) is 0 Å². The number of amides is 2. The molecule has 0 radical (unpaired) electrons. The number of para-hydroxylation sites is 1. The molecular formula is C15H22N2O3. The van der Waals surface area contributed by atoms with Gasteiger partial charge in [-0.3, -0.25) is 9.59 Å². The minimum Gasteiger partial charge on any atom is -0.493 e. The van der Waals surface area contributed by atoms with Crippen molar-refractivity contribution in [3.63, 3.8) is 0 Å². The highest BCUT2D eigenvalue weighted by molar-refractivity contribution is 5.76. The van der Waals surface area contributed by atoms with Gasteiger partial charge in [0.1, 0.15) is 5.75 Å². The molecule has 5 nitrogen and oxygen atoms in total. The molecule has 2 N–H and O–H groups in total. The molecule has 0 unspecified atom stereocenters. The smallest absolute Gasteiger partial charge is 0.220 e. The fourth-order valence-corrected chi connectivity index (χ4v) is 1.66. The Bertz CT molecular complexity index is 446. The normalized spacial score (nSPS) is 9.90. The zero-order valence-electron chi connectivity index (χ0n) is 12.1. The number of nitrogens with one attached hydrogen (secondary N) is 2. The Kier molecular flexibility index (Phi) is 7.17. The van der Waals surface area contributed by atoms with Crippen LogP contribution in [-0.4, -0.2) is 31.5 Å². The zero-order valence-corrected chi connectivity index (χ0v) is 12.1. The fourth-order valence-electron chi connectivity index (χ4n) is 1.66. The van der Waals surface area contributed by atoms with Crippen LogP contribution in [-0.2, 0) is 9.59 Å². The predicted octanol–water partition coefficient (Wildman–Crippen LogP) is 1.41. The molecule has 1 aromatic rings. The van der Waals surface area contributed by atoms with Gasteiger partial charge in [-0.2, -0.15) is 0 Å². The largest absolute Gasteiger partial charge is 0.493 e. The van der Waals surface area contributed by atoms with Gasteiger partial charge >= 0.3 is 0 Å². The summed E-state index contributed by atoms with van der Waals surface area (Å²) in [5.41, 5.74) is 1.09. The molecule has 0 bridgehead atoms. The van der Waals surface area contributed by atoms with E-state index in [9.17, 15) is 9.59 Å². The van der Waals surface area contributed by atoms with Gasteiger partial charge in [-0.05, 0) is 25.0 Å². The maximum absolute atomic E-state index is 11.5. The van der Waals surface area contributed by atoms with E-state index in [0.29, 0.717) is 32.5 Å². The molecular weight excluding hydrogens is 256 g/mol. The van der Waals surface area contributed by atoms with Crippen LogP contribution in [0.4, 0.5) is 0 Å². The Balaban J connectivity index is 2.07.